The number of hydrogen-bond donors (Lipinski definition) is 0. The normalized spacial score (nSPS) is 14.5. The van der Waals surface area contributed by atoms with Crippen LogP contribution in [0.2, 0.25) is 6.04 Å². The average Bonchev–Trinajstić information content (AvgIpc) is 2.45. The van der Waals surface area contributed by atoms with E-state index in [1.165, 1.54) is 6.08 Å². The molecule has 2 unspecified atom stereocenters. The Bertz CT molecular complexity index is 302. The molecule has 21 heavy (non-hydrogen) atoms. The topological polar surface area (TPSA) is 54.0 Å². The van der Waals surface area contributed by atoms with Crippen molar-refractivity contribution in [3.8, 4) is 0 Å². The summed E-state index contributed by atoms with van der Waals surface area (Å²) < 4.78 is 22.8. The van der Waals surface area contributed by atoms with Crippen molar-refractivity contribution < 1.29 is 22.8 Å². The lowest BCUT2D eigenvalue weighted by molar-refractivity contribution is -0.142. The van der Waals surface area contributed by atoms with Gasteiger partial charge in [0.1, 0.15) is 0 Å². The van der Waals surface area contributed by atoms with Crippen LogP contribution in [0.25, 0.3) is 0 Å². The van der Waals surface area contributed by atoms with Crippen LogP contribution in [0.1, 0.15) is 47.5 Å². The van der Waals surface area contributed by atoms with Gasteiger partial charge in [0, 0.05) is 31.4 Å². The zero-order valence-corrected chi connectivity index (χ0v) is 15.0. The molecule has 0 amide bonds. The van der Waals surface area contributed by atoms with Gasteiger partial charge in [-0.15, -0.1) is 0 Å². The third-order valence-corrected chi connectivity index (χ3v) is 6.09. The molecule has 0 aliphatic rings. The second-order valence-electron chi connectivity index (χ2n) is 4.86. The molecule has 0 radical (unpaired) electrons. The fraction of sp³-hybridized carbons (Fsp3) is 0.800. The molecule has 124 valence electrons. The lowest BCUT2D eigenvalue weighted by atomic mass is 10.1. The Morgan fingerprint density at radius 3 is 2.05 bits per heavy atom. The first-order valence-electron chi connectivity index (χ1n) is 7.71. The first kappa shape index (κ1) is 20.3. The highest BCUT2D eigenvalue weighted by Gasteiger charge is 2.40. The van der Waals surface area contributed by atoms with Gasteiger partial charge < -0.3 is 18.0 Å². The van der Waals surface area contributed by atoms with Gasteiger partial charge in [0.2, 0.25) is 0 Å². The minimum absolute atomic E-state index is 0.000371. The monoisotopic (exact) mass is 318 g/mol. The summed E-state index contributed by atoms with van der Waals surface area (Å²) >= 11 is 0. The number of hydrogen-bond acceptors (Lipinski definition) is 5. The van der Waals surface area contributed by atoms with E-state index in [-0.39, 0.29) is 12.2 Å². The third-order valence-electron chi connectivity index (χ3n) is 3.01. The second-order valence-corrected chi connectivity index (χ2v) is 7.75. The van der Waals surface area contributed by atoms with E-state index in [1.54, 1.807) is 0 Å². The van der Waals surface area contributed by atoms with Crippen molar-refractivity contribution in [2.45, 2.75) is 65.7 Å². The molecule has 0 saturated carbocycles. The van der Waals surface area contributed by atoms with Crippen molar-refractivity contribution in [3.05, 3.63) is 12.7 Å². The summed E-state index contributed by atoms with van der Waals surface area (Å²) in [6, 6.07) is 0.750. The molecule has 2 atom stereocenters. The zero-order valence-electron chi connectivity index (χ0n) is 14.0. The van der Waals surface area contributed by atoms with E-state index in [2.05, 4.69) is 6.58 Å². The lowest BCUT2D eigenvalue weighted by Gasteiger charge is -2.31. The highest BCUT2D eigenvalue weighted by atomic mass is 28.4. The van der Waals surface area contributed by atoms with E-state index < -0.39 is 14.8 Å². The molecule has 0 spiro atoms. The van der Waals surface area contributed by atoms with Gasteiger partial charge in [-0.1, -0.05) is 13.5 Å². The van der Waals surface area contributed by atoms with Crippen molar-refractivity contribution >= 4 is 14.8 Å². The zero-order chi connectivity index (χ0) is 16.3. The van der Waals surface area contributed by atoms with Crippen LogP contribution in [0.15, 0.2) is 12.7 Å². The number of carbonyl (C=O) groups excluding carboxylic acids is 1. The average molecular weight is 318 g/mol. The maximum Gasteiger partial charge on any atom is 0.500 e. The van der Waals surface area contributed by atoms with E-state index in [0.717, 1.165) is 18.9 Å². The molecular weight excluding hydrogens is 288 g/mol. The van der Waals surface area contributed by atoms with E-state index in [9.17, 15) is 4.79 Å². The van der Waals surface area contributed by atoms with Gasteiger partial charge in [-0.3, -0.25) is 0 Å². The van der Waals surface area contributed by atoms with Crippen LogP contribution in [0.4, 0.5) is 0 Å². The number of carbonyl (C=O) groups is 1. The molecule has 0 saturated heterocycles. The molecule has 0 bridgehead atoms. The van der Waals surface area contributed by atoms with Crippen LogP contribution < -0.4 is 0 Å². The maximum absolute atomic E-state index is 11.1. The van der Waals surface area contributed by atoms with Gasteiger partial charge >= 0.3 is 14.8 Å². The smallest absolute Gasteiger partial charge is 0.460 e. The van der Waals surface area contributed by atoms with Crippen LogP contribution in [-0.2, 0) is 22.8 Å². The Hall–Kier alpha value is -0.693. The SMILES string of the molecule is C=CC(=O)OC(C)CCC(C)O[Si](CC)(OCC)OCC. The van der Waals surface area contributed by atoms with Gasteiger partial charge in [0.15, 0.2) is 0 Å². The predicted molar refractivity (Wildman–Crippen MR) is 85.0 cm³/mol. The Kier molecular flexibility index (Phi) is 10.6. The summed E-state index contributed by atoms with van der Waals surface area (Å²) in [7, 11) is -2.57. The van der Waals surface area contributed by atoms with E-state index in [4.69, 9.17) is 18.0 Å². The first-order valence-corrected chi connectivity index (χ1v) is 9.64. The van der Waals surface area contributed by atoms with Crippen LogP contribution in [0.3, 0.4) is 0 Å². The lowest BCUT2D eigenvalue weighted by Crippen LogP contribution is -2.47. The highest BCUT2D eigenvalue weighted by molar-refractivity contribution is 6.60. The van der Waals surface area contributed by atoms with E-state index in [1.807, 2.05) is 34.6 Å². The van der Waals surface area contributed by atoms with E-state index in [0.29, 0.717) is 13.2 Å². The van der Waals surface area contributed by atoms with Gasteiger partial charge in [0.05, 0.1) is 6.10 Å². The van der Waals surface area contributed by atoms with Gasteiger partial charge in [-0.2, -0.15) is 0 Å². The second kappa shape index (κ2) is 11.0. The predicted octanol–water partition coefficient (Wildman–Crippen LogP) is 3.32. The molecule has 0 aromatic heterocycles. The van der Waals surface area contributed by atoms with Crippen LogP contribution in [0, 0.1) is 0 Å². The van der Waals surface area contributed by atoms with Crippen molar-refractivity contribution in [1.29, 1.82) is 0 Å². The summed E-state index contributed by atoms with van der Waals surface area (Å²) in [5.41, 5.74) is 0. The summed E-state index contributed by atoms with van der Waals surface area (Å²) in [4.78, 5) is 11.1. The van der Waals surface area contributed by atoms with Crippen LogP contribution in [0.5, 0.6) is 0 Å². The standard InChI is InChI=1S/C15H30O5Si/c1-7-15(16)19-13(5)11-12-14(6)20-21(10-4,17-8-2)18-9-3/h7,13-14H,1,8-12H2,2-6H3. The molecule has 0 rings (SSSR count). The molecule has 6 heteroatoms. The number of esters is 1. The van der Waals surface area contributed by atoms with Crippen LogP contribution in [-0.4, -0.2) is 40.2 Å². The summed E-state index contributed by atoms with van der Waals surface area (Å²) in [6.07, 6.45) is 2.53. The Morgan fingerprint density at radius 2 is 1.62 bits per heavy atom. The molecule has 0 N–H and O–H groups in total. The van der Waals surface area contributed by atoms with E-state index >= 15 is 0 Å². The molecule has 0 aromatic carbocycles. The molecule has 0 aliphatic heterocycles. The minimum Gasteiger partial charge on any atom is -0.460 e. The van der Waals surface area contributed by atoms with Gasteiger partial charge in [0.25, 0.3) is 0 Å². The molecule has 0 aromatic rings. The quantitative estimate of drug-likeness (QED) is 0.314. The maximum atomic E-state index is 11.1. The Labute approximate surface area is 130 Å². The van der Waals surface area contributed by atoms with Crippen LogP contribution >= 0.6 is 0 Å². The molecule has 0 aliphatic carbocycles. The molecule has 0 fully saturated rings. The minimum atomic E-state index is -2.57. The largest absolute Gasteiger partial charge is 0.500 e. The summed E-state index contributed by atoms with van der Waals surface area (Å²) in [5, 5.41) is 0. The van der Waals surface area contributed by atoms with Gasteiger partial charge in [-0.25, -0.2) is 4.79 Å². The fourth-order valence-electron chi connectivity index (χ4n) is 1.98. The van der Waals surface area contributed by atoms with Crippen molar-refractivity contribution in [3.63, 3.8) is 0 Å². The summed E-state index contributed by atoms with van der Waals surface area (Å²) in [6.45, 7) is 14.3. The van der Waals surface area contributed by atoms with Crippen molar-refractivity contribution in [2.24, 2.45) is 0 Å². The van der Waals surface area contributed by atoms with Crippen molar-refractivity contribution in [2.75, 3.05) is 13.2 Å². The molecular formula is C15H30O5Si. The molecule has 0 heterocycles. The number of rotatable bonds is 12. The molecule has 5 nitrogen and oxygen atoms in total. The van der Waals surface area contributed by atoms with Gasteiger partial charge in [-0.05, 0) is 40.5 Å². The summed E-state index contributed by atoms with van der Waals surface area (Å²) in [5.74, 6) is -0.392. The first-order chi connectivity index (χ1) is 9.92. The Morgan fingerprint density at radius 1 is 1.10 bits per heavy atom. The fourth-order valence-corrected chi connectivity index (χ4v) is 4.38. The third kappa shape index (κ3) is 8.36. The Balaban J connectivity index is 4.33. The number of ether oxygens (including phenoxy) is 1. The van der Waals surface area contributed by atoms with Crippen molar-refractivity contribution in [1.82, 2.24) is 0 Å². The highest BCUT2D eigenvalue weighted by Crippen LogP contribution is 2.20.